The van der Waals surface area contributed by atoms with Gasteiger partial charge in [0.2, 0.25) is 0 Å². The number of hydrogen-bond acceptors (Lipinski definition) is 0. The third-order valence-corrected chi connectivity index (χ3v) is 0.911. The molecule has 0 rings (SSSR count). The summed E-state index contributed by atoms with van der Waals surface area (Å²) in [5.41, 5.74) is 0. The molecular weight excluding hydrogens is 81.7 g/mol. The second-order valence-corrected chi connectivity index (χ2v) is 2.21. The van der Waals surface area contributed by atoms with Crippen molar-refractivity contribution in [2.24, 2.45) is 5.92 Å². The maximum absolute atomic E-state index is 5.15. The van der Waals surface area contributed by atoms with E-state index in [4.69, 9.17) is 7.74 Å². The Morgan fingerprint density at radius 2 is 2.14 bits per heavy atom. The lowest BCUT2D eigenvalue weighted by molar-refractivity contribution is 0.625. The van der Waals surface area contributed by atoms with Gasteiger partial charge in [0, 0.05) is 7.74 Å². The fourth-order valence-corrected chi connectivity index (χ4v) is 0.430. The Morgan fingerprint density at radius 3 is 2.29 bits per heavy atom. The SMILES string of the molecule is [B][B]CCC(C)C. The van der Waals surface area contributed by atoms with Gasteiger partial charge in [0.1, 0.15) is 0 Å². The van der Waals surface area contributed by atoms with Crippen LogP contribution in [0.5, 0.6) is 0 Å². The first kappa shape index (κ1) is 7.13. The van der Waals surface area contributed by atoms with Gasteiger partial charge < -0.3 is 0 Å². The zero-order valence-electron chi connectivity index (χ0n) is 5.15. The van der Waals surface area contributed by atoms with Crippen LogP contribution in [-0.2, 0) is 0 Å². The molecule has 0 aromatic carbocycles. The van der Waals surface area contributed by atoms with Crippen molar-refractivity contribution < 1.29 is 0 Å². The summed E-state index contributed by atoms with van der Waals surface area (Å²) in [7, 11) is 6.87. The van der Waals surface area contributed by atoms with Crippen LogP contribution in [0.4, 0.5) is 0 Å². The molecule has 0 heterocycles. The van der Waals surface area contributed by atoms with E-state index in [0.29, 0.717) is 0 Å². The molecule has 3 radical (unpaired) electrons. The largest absolute Gasteiger partial charge is 0.0893 e. The second kappa shape index (κ2) is 4.29. The van der Waals surface area contributed by atoms with Crippen LogP contribution in [0.15, 0.2) is 0 Å². The Labute approximate surface area is 48.3 Å². The summed E-state index contributed by atoms with van der Waals surface area (Å²) in [6.07, 6.45) is 2.27. The molecule has 0 aliphatic rings. The lowest BCUT2D eigenvalue weighted by atomic mass is 9.53. The van der Waals surface area contributed by atoms with Crippen molar-refractivity contribution >= 4 is 14.9 Å². The van der Waals surface area contributed by atoms with Crippen molar-refractivity contribution in [1.82, 2.24) is 0 Å². The van der Waals surface area contributed by atoms with E-state index in [0.717, 1.165) is 12.2 Å². The first-order valence-corrected chi connectivity index (χ1v) is 2.80. The van der Waals surface area contributed by atoms with Crippen molar-refractivity contribution in [3.05, 3.63) is 0 Å². The van der Waals surface area contributed by atoms with Crippen molar-refractivity contribution in [2.75, 3.05) is 0 Å². The minimum absolute atomic E-state index is 0.791. The van der Waals surface area contributed by atoms with Crippen LogP contribution >= 0.6 is 0 Å². The van der Waals surface area contributed by atoms with Crippen LogP contribution in [0, 0.1) is 5.92 Å². The van der Waals surface area contributed by atoms with Crippen LogP contribution in [0.1, 0.15) is 20.3 Å². The average Bonchev–Trinajstić information content (AvgIpc) is 1.61. The summed E-state index contributed by atoms with van der Waals surface area (Å²) < 4.78 is 0. The van der Waals surface area contributed by atoms with E-state index >= 15 is 0 Å². The van der Waals surface area contributed by atoms with Crippen LogP contribution in [-0.4, -0.2) is 14.9 Å². The highest BCUT2D eigenvalue weighted by atomic mass is 13.9. The van der Waals surface area contributed by atoms with E-state index in [2.05, 4.69) is 13.8 Å². The number of rotatable bonds is 3. The first-order valence-electron chi connectivity index (χ1n) is 2.80. The topological polar surface area (TPSA) is 0 Å². The van der Waals surface area contributed by atoms with Crippen molar-refractivity contribution in [1.29, 1.82) is 0 Å². The smallest absolute Gasteiger partial charge is 0.0545 e. The monoisotopic (exact) mass is 93.1 g/mol. The zero-order chi connectivity index (χ0) is 5.70. The highest BCUT2D eigenvalue weighted by Crippen LogP contribution is 2.01. The molecule has 2 heteroatoms. The Hall–Kier alpha value is 0.130. The van der Waals surface area contributed by atoms with Gasteiger partial charge in [0.15, 0.2) is 0 Å². The molecule has 0 N–H and O–H groups in total. The summed E-state index contributed by atoms with van der Waals surface area (Å²) in [6, 6.07) is 0. The Morgan fingerprint density at radius 1 is 1.57 bits per heavy atom. The van der Waals surface area contributed by atoms with Gasteiger partial charge in [-0.2, -0.15) is 0 Å². The third kappa shape index (κ3) is 6.13. The molecular formula is C5H11B2. The van der Waals surface area contributed by atoms with Crippen molar-refractivity contribution in [2.45, 2.75) is 26.6 Å². The molecule has 0 saturated carbocycles. The van der Waals surface area contributed by atoms with E-state index in [-0.39, 0.29) is 0 Å². The molecule has 0 aromatic heterocycles. The molecule has 0 bridgehead atoms. The molecule has 7 heavy (non-hydrogen) atoms. The predicted molar refractivity (Wildman–Crippen MR) is 35.8 cm³/mol. The van der Waals surface area contributed by atoms with E-state index < -0.39 is 0 Å². The highest BCUT2D eigenvalue weighted by Gasteiger charge is 1.89. The lowest BCUT2D eigenvalue weighted by Gasteiger charge is -1.98. The molecule has 37 valence electrons. The predicted octanol–water partition coefficient (Wildman–Crippen LogP) is 1.24. The lowest BCUT2D eigenvalue weighted by Crippen LogP contribution is -1.91. The van der Waals surface area contributed by atoms with E-state index in [1.165, 1.54) is 6.42 Å². The van der Waals surface area contributed by atoms with E-state index in [1.54, 1.807) is 7.17 Å². The first-order chi connectivity index (χ1) is 3.27. The highest BCUT2D eigenvalue weighted by molar-refractivity contribution is 6.89. The van der Waals surface area contributed by atoms with E-state index in [9.17, 15) is 0 Å². The summed E-state index contributed by atoms with van der Waals surface area (Å²) in [5.74, 6) is 0.791. The van der Waals surface area contributed by atoms with Gasteiger partial charge in [0.25, 0.3) is 0 Å². The van der Waals surface area contributed by atoms with Gasteiger partial charge in [-0.05, 0) is 5.92 Å². The minimum Gasteiger partial charge on any atom is -0.0893 e. The molecule has 0 spiro atoms. The molecule has 0 nitrogen and oxygen atoms in total. The standard InChI is InChI=1S/C5H11B2/c1-5(2)3-4-7-6/h5H,3-4H2,1-2H3. The van der Waals surface area contributed by atoms with Crippen LogP contribution in [0.3, 0.4) is 0 Å². The summed E-state index contributed by atoms with van der Waals surface area (Å²) >= 11 is 0. The van der Waals surface area contributed by atoms with Crippen LogP contribution < -0.4 is 0 Å². The molecule has 0 saturated heterocycles. The molecule has 0 aliphatic carbocycles. The average molecular weight is 92.8 g/mol. The van der Waals surface area contributed by atoms with Crippen LogP contribution in [0.2, 0.25) is 6.32 Å². The Balaban J connectivity index is 2.68. The fraction of sp³-hybridized carbons (Fsp3) is 1.00. The summed E-state index contributed by atoms with van der Waals surface area (Å²) in [6.45, 7) is 4.40. The van der Waals surface area contributed by atoms with Gasteiger partial charge in [0.05, 0.1) is 7.17 Å². The molecule has 0 aromatic rings. The van der Waals surface area contributed by atoms with Gasteiger partial charge >= 0.3 is 0 Å². The molecule has 0 atom stereocenters. The molecule has 0 fully saturated rings. The van der Waals surface area contributed by atoms with Gasteiger partial charge in [-0.25, -0.2) is 0 Å². The quantitative estimate of drug-likeness (QED) is 0.460. The van der Waals surface area contributed by atoms with Crippen LogP contribution in [0.25, 0.3) is 0 Å². The number of hydrogen-bond donors (Lipinski definition) is 0. The molecule has 0 aliphatic heterocycles. The maximum atomic E-state index is 5.15. The molecule has 0 unspecified atom stereocenters. The van der Waals surface area contributed by atoms with Gasteiger partial charge in [-0.15, -0.1) is 0 Å². The van der Waals surface area contributed by atoms with Gasteiger partial charge in [-0.3, -0.25) is 0 Å². The normalized spacial score (nSPS) is 9.57. The minimum atomic E-state index is 0.791. The summed E-state index contributed by atoms with van der Waals surface area (Å²) in [5, 5.41) is 0. The van der Waals surface area contributed by atoms with Gasteiger partial charge in [-0.1, -0.05) is 26.6 Å². The maximum Gasteiger partial charge on any atom is 0.0545 e. The Bertz CT molecular complexity index is 35.1. The van der Waals surface area contributed by atoms with E-state index in [1.807, 2.05) is 0 Å². The summed E-state index contributed by atoms with van der Waals surface area (Å²) in [4.78, 5) is 0. The molecule has 0 amide bonds. The van der Waals surface area contributed by atoms with Crippen molar-refractivity contribution in [3.63, 3.8) is 0 Å². The second-order valence-electron chi connectivity index (χ2n) is 2.21. The van der Waals surface area contributed by atoms with Crippen molar-refractivity contribution in [3.8, 4) is 0 Å². The third-order valence-electron chi connectivity index (χ3n) is 0.911. The fourth-order valence-electron chi connectivity index (χ4n) is 0.430. The Kier molecular flexibility index (Phi) is 4.37. The zero-order valence-corrected chi connectivity index (χ0v) is 5.15.